The van der Waals surface area contributed by atoms with Crippen molar-refractivity contribution in [2.75, 3.05) is 0 Å². The minimum atomic E-state index is -6.96. The molecule has 14 heteroatoms. The van der Waals surface area contributed by atoms with E-state index in [0.29, 0.717) is 28.7 Å². The summed E-state index contributed by atoms with van der Waals surface area (Å²) in [5.74, 6) is -13.6. The maximum Gasteiger partial charge on any atom is 0.460 e. The van der Waals surface area contributed by atoms with Gasteiger partial charge in [0.05, 0.1) is 0 Å². The Balaban J connectivity index is 0.00000131. The van der Waals surface area contributed by atoms with Crippen LogP contribution in [0.5, 0.6) is 0 Å². The molecule has 0 aliphatic rings. The Bertz CT molecular complexity index is 1330. The smallest absolute Gasteiger partial charge is 0.288 e. The summed E-state index contributed by atoms with van der Waals surface area (Å²) in [5.41, 5.74) is 1.98. The summed E-state index contributed by atoms with van der Waals surface area (Å²) in [7, 11) is -3.12. The second-order valence-electron chi connectivity index (χ2n) is 8.81. The molecule has 0 bridgehead atoms. The van der Waals surface area contributed by atoms with Gasteiger partial charge in [0.15, 0.2) is 0 Å². The standard InChI is InChI=1S/C26H21F9S.H2O3S/c1-16(2)15-19-13-14-20(36-26(34,35)24(29,30)23(27,28)25(31,32)33)22(18-11-7-4-8-12-18)21(19)17-9-5-3-6-10-17;1-4(2)3/h3-14,16H,15H2,1-2H3;4H,(H,1,2,3). The molecule has 0 unspecified atom stereocenters. The molecule has 3 nitrogen and oxygen atoms in total. The van der Waals surface area contributed by atoms with Crippen LogP contribution in [0.25, 0.3) is 22.3 Å². The van der Waals surface area contributed by atoms with E-state index in [-0.39, 0.29) is 11.5 Å². The fourth-order valence-corrected chi connectivity index (χ4v) is 4.70. The van der Waals surface area contributed by atoms with Crippen LogP contribution in [0.15, 0.2) is 77.7 Å². The molecular formula is C26H23F9O3S2. The average molecular weight is 619 g/mol. The number of thiol groups is 1. The molecule has 3 rings (SSSR count). The van der Waals surface area contributed by atoms with Crippen molar-refractivity contribution in [3.8, 4) is 22.3 Å². The van der Waals surface area contributed by atoms with Gasteiger partial charge in [0, 0.05) is 10.5 Å². The Labute approximate surface area is 230 Å². The van der Waals surface area contributed by atoms with Gasteiger partial charge >= 0.3 is 23.3 Å². The number of rotatable bonds is 8. The average Bonchev–Trinajstić information content (AvgIpc) is 2.84. The Morgan fingerprint density at radius 3 is 1.52 bits per heavy atom. The summed E-state index contributed by atoms with van der Waals surface area (Å²) in [6.45, 7) is 3.82. The first-order valence-corrected chi connectivity index (χ1v) is 13.3. The summed E-state index contributed by atoms with van der Waals surface area (Å²) < 4.78 is 147. The maximum absolute atomic E-state index is 14.7. The van der Waals surface area contributed by atoms with E-state index in [4.69, 9.17) is 13.0 Å². The van der Waals surface area contributed by atoms with Gasteiger partial charge in [-0.05, 0) is 52.4 Å². The Kier molecular flexibility index (Phi) is 10.8. The summed E-state index contributed by atoms with van der Waals surface area (Å²) in [6, 6.07) is 18.7. The highest BCUT2D eigenvalue weighted by Crippen LogP contribution is 2.59. The molecule has 0 spiro atoms. The van der Waals surface area contributed by atoms with E-state index in [1.54, 1.807) is 48.5 Å². The van der Waals surface area contributed by atoms with Crippen molar-refractivity contribution in [2.45, 2.75) is 48.4 Å². The first kappa shape index (κ1) is 33.5. The molecule has 0 radical (unpaired) electrons. The van der Waals surface area contributed by atoms with Crippen LogP contribution in [0.1, 0.15) is 19.4 Å². The van der Waals surface area contributed by atoms with Gasteiger partial charge in [-0.15, -0.1) is 0 Å². The highest BCUT2D eigenvalue weighted by atomic mass is 32.2. The third-order valence-corrected chi connectivity index (χ3v) is 6.43. The number of hydrogen-bond acceptors (Lipinski definition) is 3. The van der Waals surface area contributed by atoms with Gasteiger partial charge in [-0.25, -0.2) is 8.42 Å². The number of alkyl halides is 9. The SMILES string of the molecule is CC(C)Cc1ccc(SC(F)(F)C(F)(F)C(F)(F)C(F)(F)F)c(-c2ccccc2)c1-c1ccccc1.O=[SH](=O)O. The van der Waals surface area contributed by atoms with Gasteiger partial charge in [0.2, 0.25) is 0 Å². The monoisotopic (exact) mass is 618 g/mol. The Morgan fingerprint density at radius 1 is 0.700 bits per heavy atom. The zero-order valence-electron chi connectivity index (χ0n) is 20.7. The van der Waals surface area contributed by atoms with Crippen LogP contribution >= 0.6 is 11.8 Å². The highest BCUT2D eigenvalue weighted by molar-refractivity contribution is 8.00. The predicted octanol–water partition coefficient (Wildman–Crippen LogP) is 8.81. The van der Waals surface area contributed by atoms with Crippen molar-refractivity contribution in [1.82, 2.24) is 0 Å². The lowest BCUT2D eigenvalue weighted by Crippen LogP contribution is -2.59. The fourth-order valence-electron chi connectivity index (χ4n) is 3.71. The summed E-state index contributed by atoms with van der Waals surface area (Å²) in [6.07, 6.45) is -6.41. The largest absolute Gasteiger partial charge is 0.460 e. The van der Waals surface area contributed by atoms with Crippen molar-refractivity contribution in [1.29, 1.82) is 0 Å². The van der Waals surface area contributed by atoms with Gasteiger partial charge in [0.25, 0.3) is 11.0 Å². The summed E-state index contributed by atoms with van der Waals surface area (Å²) in [4.78, 5) is -0.560. The molecule has 0 saturated carbocycles. The molecule has 0 heterocycles. The lowest BCUT2D eigenvalue weighted by Gasteiger charge is -2.33. The molecule has 3 aromatic carbocycles. The molecule has 220 valence electrons. The summed E-state index contributed by atoms with van der Waals surface area (Å²) >= 11 is -1.01. The van der Waals surface area contributed by atoms with Crippen LogP contribution in [0.2, 0.25) is 0 Å². The van der Waals surface area contributed by atoms with E-state index in [1.807, 2.05) is 13.8 Å². The molecule has 0 atom stereocenters. The predicted molar refractivity (Wildman–Crippen MR) is 136 cm³/mol. The summed E-state index contributed by atoms with van der Waals surface area (Å²) in [5, 5.41) is -5.80. The second-order valence-corrected chi connectivity index (χ2v) is 10.4. The molecule has 0 saturated heterocycles. The first-order valence-electron chi connectivity index (χ1n) is 11.3. The Morgan fingerprint density at radius 2 is 1.12 bits per heavy atom. The molecular weight excluding hydrogens is 595 g/mol. The number of halogens is 9. The minimum absolute atomic E-state index is 0.0377. The van der Waals surface area contributed by atoms with E-state index in [0.717, 1.165) is 6.07 Å². The van der Waals surface area contributed by atoms with E-state index >= 15 is 0 Å². The molecule has 40 heavy (non-hydrogen) atoms. The minimum Gasteiger partial charge on any atom is -0.288 e. The van der Waals surface area contributed by atoms with Crippen molar-refractivity contribution < 1.29 is 52.5 Å². The zero-order chi connectivity index (χ0) is 30.5. The molecule has 0 amide bonds. The first-order chi connectivity index (χ1) is 18.3. The van der Waals surface area contributed by atoms with Crippen molar-refractivity contribution in [3.63, 3.8) is 0 Å². The Hall–Kier alpha value is -2.71. The molecule has 3 aromatic rings. The normalized spacial score (nSPS) is 12.8. The van der Waals surface area contributed by atoms with Gasteiger partial charge in [-0.2, -0.15) is 39.5 Å². The third kappa shape index (κ3) is 7.52. The van der Waals surface area contributed by atoms with Crippen molar-refractivity contribution >= 4 is 22.7 Å². The van der Waals surface area contributed by atoms with Crippen LogP contribution in [0.3, 0.4) is 0 Å². The molecule has 1 N–H and O–H groups in total. The van der Waals surface area contributed by atoms with Crippen LogP contribution in [-0.4, -0.2) is 36.2 Å². The van der Waals surface area contributed by atoms with E-state index in [1.165, 1.54) is 18.2 Å². The quantitative estimate of drug-likeness (QED) is 0.115. The van der Waals surface area contributed by atoms with E-state index < -0.39 is 50.9 Å². The van der Waals surface area contributed by atoms with E-state index in [9.17, 15) is 39.5 Å². The molecule has 0 fully saturated rings. The molecule has 0 aromatic heterocycles. The van der Waals surface area contributed by atoms with Crippen LogP contribution < -0.4 is 0 Å². The van der Waals surface area contributed by atoms with Crippen molar-refractivity contribution in [2.24, 2.45) is 5.92 Å². The van der Waals surface area contributed by atoms with Gasteiger partial charge in [-0.1, -0.05) is 80.6 Å². The molecule has 0 aliphatic carbocycles. The lowest BCUT2D eigenvalue weighted by atomic mass is 9.87. The number of thioether (sulfide) groups is 1. The van der Waals surface area contributed by atoms with Gasteiger partial charge in [0.1, 0.15) is 0 Å². The molecule has 0 aliphatic heterocycles. The van der Waals surface area contributed by atoms with Crippen LogP contribution in [-0.2, 0) is 17.4 Å². The van der Waals surface area contributed by atoms with Crippen molar-refractivity contribution in [3.05, 3.63) is 78.4 Å². The van der Waals surface area contributed by atoms with Crippen LogP contribution in [0, 0.1) is 5.92 Å². The number of hydrogen-bond donors (Lipinski definition) is 2. The van der Waals surface area contributed by atoms with Gasteiger partial charge < -0.3 is 0 Å². The third-order valence-electron chi connectivity index (χ3n) is 5.36. The second kappa shape index (κ2) is 12.9. The van der Waals surface area contributed by atoms with Crippen LogP contribution in [0.4, 0.5) is 39.5 Å². The zero-order valence-corrected chi connectivity index (χ0v) is 22.4. The fraction of sp³-hybridized carbons (Fsp3) is 0.308. The number of benzene rings is 3. The van der Waals surface area contributed by atoms with E-state index in [2.05, 4.69) is 0 Å². The van der Waals surface area contributed by atoms with Gasteiger partial charge in [-0.3, -0.25) is 4.55 Å². The highest BCUT2D eigenvalue weighted by Gasteiger charge is 2.82. The topological polar surface area (TPSA) is 54.4 Å². The maximum atomic E-state index is 14.7. The lowest BCUT2D eigenvalue weighted by molar-refractivity contribution is -0.381.